The Morgan fingerprint density at radius 3 is 2.79 bits per heavy atom. The fourth-order valence-electron chi connectivity index (χ4n) is 6.80. The summed E-state index contributed by atoms with van der Waals surface area (Å²) in [5.41, 5.74) is 1.32. The maximum Gasteiger partial charge on any atom is 0.285 e. The topological polar surface area (TPSA) is 38.8 Å². The molecule has 1 amide bonds. The Balaban J connectivity index is 1.51. The molecule has 1 unspecified atom stereocenters. The second kappa shape index (κ2) is 5.39. The standard InChI is InChI=1S/C22H25F2NO3/c1-27-16-6-5-13-11-15-14-7-8-22(23,24)20-21(14,17(13)18(16)28-20)9-10-25(15)19(26)12-3-2-4-12/h5-6,12,14-15,20H,2-4,7-11H2,1H3/t14-,15+,20?,21-/m0/s1. The summed E-state index contributed by atoms with van der Waals surface area (Å²) in [7, 11) is 1.56. The van der Waals surface area contributed by atoms with Gasteiger partial charge in [-0.05, 0) is 49.7 Å². The van der Waals surface area contributed by atoms with Crippen molar-refractivity contribution in [3.63, 3.8) is 0 Å². The van der Waals surface area contributed by atoms with Crippen LogP contribution >= 0.6 is 0 Å². The number of carbonyl (C=O) groups excluding carboxylic acids is 1. The lowest BCUT2D eigenvalue weighted by atomic mass is 9.51. The number of carbonyl (C=O) groups is 1. The third kappa shape index (κ3) is 1.87. The molecule has 6 heteroatoms. The molecule has 5 aliphatic rings. The number of nitrogens with zero attached hydrogens (tertiary/aromatic N) is 1. The highest BCUT2D eigenvalue weighted by Crippen LogP contribution is 2.66. The number of piperidine rings is 1. The van der Waals surface area contributed by atoms with Gasteiger partial charge in [0, 0.05) is 35.9 Å². The van der Waals surface area contributed by atoms with Crippen molar-refractivity contribution < 1.29 is 23.0 Å². The van der Waals surface area contributed by atoms with Crippen LogP contribution in [0.2, 0.25) is 0 Å². The van der Waals surface area contributed by atoms with Crippen LogP contribution in [-0.4, -0.2) is 42.5 Å². The summed E-state index contributed by atoms with van der Waals surface area (Å²) in [5.74, 6) is -1.37. The normalized spacial score (nSPS) is 37.0. The van der Waals surface area contributed by atoms with Crippen LogP contribution in [0.4, 0.5) is 8.78 Å². The third-order valence-electron chi connectivity index (χ3n) is 8.23. The van der Waals surface area contributed by atoms with Crippen LogP contribution in [0.15, 0.2) is 12.1 Å². The van der Waals surface area contributed by atoms with Gasteiger partial charge in [0.1, 0.15) is 0 Å². The number of benzene rings is 1. The first kappa shape index (κ1) is 17.0. The molecule has 1 aromatic rings. The number of amides is 1. The van der Waals surface area contributed by atoms with E-state index in [9.17, 15) is 4.79 Å². The Bertz CT molecular complexity index is 868. The molecule has 2 heterocycles. The van der Waals surface area contributed by atoms with Crippen molar-refractivity contribution in [2.45, 2.75) is 68.4 Å². The second-order valence-corrected chi connectivity index (χ2v) is 9.26. The Labute approximate surface area is 163 Å². The van der Waals surface area contributed by atoms with Crippen LogP contribution < -0.4 is 9.47 Å². The molecule has 2 aliphatic heterocycles. The molecule has 6 rings (SSSR count). The SMILES string of the molecule is COc1ccc2c3c1OC1C(F)(F)CC[C@H]4[C@@H](C2)N(C(=O)C2CCC2)CC[C@]314. The van der Waals surface area contributed by atoms with Crippen molar-refractivity contribution in [2.24, 2.45) is 11.8 Å². The second-order valence-electron chi connectivity index (χ2n) is 9.26. The van der Waals surface area contributed by atoms with Gasteiger partial charge in [-0.3, -0.25) is 4.79 Å². The fourth-order valence-corrected chi connectivity index (χ4v) is 6.80. The first-order valence-electron chi connectivity index (χ1n) is 10.5. The Morgan fingerprint density at radius 1 is 1.25 bits per heavy atom. The first-order chi connectivity index (χ1) is 13.5. The molecule has 1 aromatic carbocycles. The number of likely N-dealkylation sites (tertiary alicyclic amines) is 1. The molecular formula is C22H25F2NO3. The lowest BCUT2D eigenvalue weighted by Crippen LogP contribution is -2.69. The van der Waals surface area contributed by atoms with Crippen molar-refractivity contribution in [3.05, 3.63) is 23.3 Å². The van der Waals surface area contributed by atoms with Gasteiger partial charge >= 0.3 is 0 Å². The van der Waals surface area contributed by atoms with Crippen molar-refractivity contribution in [1.82, 2.24) is 4.90 Å². The van der Waals surface area contributed by atoms with Gasteiger partial charge in [-0.1, -0.05) is 12.5 Å². The number of hydrogen-bond acceptors (Lipinski definition) is 3. The van der Waals surface area contributed by atoms with Crippen molar-refractivity contribution >= 4 is 5.91 Å². The van der Waals surface area contributed by atoms with Crippen LogP contribution in [0.5, 0.6) is 11.5 Å². The lowest BCUT2D eigenvalue weighted by molar-refractivity contribution is -0.186. The largest absolute Gasteiger partial charge is 0.493 e. The minimum Gasteiger partial charge on any atom is -0.493 e. The number of ether oxygens (including phenoxy) is 2. The van der Waals surface area contributed by atoms with E-state index in [1.807, 2.05) is 17.0 Å². The van der Waals surface area contributed by atoms with Gasteiger partial charge in [-0.2, -0.15) is 0 Å². The maximum absolute atomic E-state index is 15.1. The van der Waals surface area contributed by atoms with E-state index in [0.29, 0.717) is 30.9 Å². The number of alkyl halides is 2. The lowest BCUT2D eigenvalue weighted by Gasteiger charge is -2.59. The van der Waals surface area contributed by atoms with Crippen LogP contribution in [-0.2, 0) is 16.6 Å². The van der Waals surface area contributed by atoms with E-state index in [2.05, 4.69) is 0 Å². The quantitative estimate of drug-likeness (QED) is 0.774. The zero-order valence-corrected chi connectivity index (χ0v) is 16.0. The molecule has 4 atom stereocenters. The molecular weight excluding hydrogens is 364 g/mol. The number of hydrogen-bond donors (Lipinski definition) is 0. The summed E-state index contributed by atoms with van der Waals surface area (Å²) in [6.07, 6.45) is 3.49. The summed E-state index contributed by atoms with van der Waals surface area (Å²) < 4.78 is 41.6. The van der Waals surface area contributed by atoms with E-state index >= 15 is 8.78 Å². The van der Waals surface area contributed by atoms with E-state index in [0.717, 1.165) is 36.8 Å². The van der Waals surface area contributed by atoms with Crippen molar-refractivity contribution in [2.75, 3.05) is 13.7 Å². The zero-order chi connectivity index (χ0) is 19.3. The smallest absolute Gasteiger partial charge is 0.285 e. The Kier molecular flexibility index (Phi) is 3.28. The molecule has 0 radical (unpaired) electrons. The maximum atomic E-state index is 15.1. The summed E-state index contributed by atoms with van der Waals surface area (Å²) in [4.78, 5) is 15.2. The van der Waals surface area contributed by atoms with Crippen LogP contribution in [0.25, 0.3) is 0 Å². The summed E-state index contributed by atoms with van der Waals surface area (Å²) in [6.45, 7) is 0.558. The monoisotopic (exact) mass is 389 g/mol. The van der Waals surface area contributed by atoms with Gasteiger partial charge in [0.25, 0.3) is 5.92 Å². The minimum absolute atomic E-state index is 0.0101. The summed E-state index contributed by atoms with van der Waals surface area (Å²) in [6, 6.07) is 3.84. The Hall–Kier alpha value is -1.85. The van der Waals surface area contributed by atoms with Gasteiger partial charge in [-0.25, -0.2) is 8.78 Å². The molecule has 3 aliphatic carbocycles. The van der Waals surface area contributed by atoms with Crippen molar-refractivity contribution in [1.29, 1.82) is 0 Å². The van der Waals surface area contributed by atoms with Gasteiger partial charge < -0.3 is 14.4 Å². The van der Waals surface area contributed by atoms with Gasteiger partial charge in [-0.15, -0.1) is 0 Å². The molecule has 1 saturated heterocycles. The highest BCUT2D eigenvalue weighted by Gasteiger charge is 2.71. The van der Waals surface area contributed by atoms with Crippen LogP contribution in [0, 0.1) is 11.8 Å². The molecule has 2 bridgehead atoms. The summed E-state index contributed by atoms with van der Waals surface area (Å²) in [5, 5.41) is 0. The van der Waals surface area contributed by atoms with E-state index in [1.54, 1.807) is 7.11 Å². The fraction of sp³-hybridized carbons (Fsp3) is 0.682. The highest BCUT2D eigenvalue weighted by molar-refractivity contribution is 5.80. The third-order valence-corrected chi connectivity index (χ3v) is 8.23. The predicted molar refractivity (Wildman–Crippen MR) is 97.9 cm³/mol. The van der Waals surface area contributed by atoms with E-state index in [4.69, 9.17) is 9.47 Å². The Morgan fingerprint density at radius 2 is 2.07 bits per heavy atom. The van der Waals surface area contributed by atoms with E-state index in [-0.39, 0.29) is 30.2 Å². The summed E-state index contributed by atoms with van der Waals surface area (Å²) >= 11 is 0. The van der Waals surface area contributed by atoms with Crippen LogP contribution in [0.1, 0.15) is 49.7 Å². The highest BCUT2D eigenvalue weighted by atomic mass is 19.3. The average Bonchev–Trinajstić information content (AvgIpc) is 2.97. The molecule has 0 aromatic heterocycles. The number of rotatable bonds is 2. The molecule has 3 fully saturated rings. The van der Waals surface area contributed by atoms with Crippen LogP contribution in [0.3, 0.4) is 0 Å². The first-order valence-corrected chi connectivity index (χ1v) is 10.5. The molecule has 150 valence electrons. The van der Waals surface area contributed by atoms with Crippen molar-refractivity contribution in [3.8, 4) is 11.5 Å². The minimum atomic E-state index is -2.86. The molecule has 4 nitrogen and oxygen atoms in total. The zero-order valence-electron chi connectivity index (χ0n) is 16.0. The van der Waals surface area contributed by atoms with Gasteiger partial charge in [0.15, 0.2) is 17.6 Å². The predicted octanol–water partition coefficient (Wildman–Crippen LogP) is 3.70. The number of halogens is 2. The van der Waals surface area contributed by atoms with E-state index < -0.39 is 17.4 Å². The molecule has 2 saturated carbocycles. The van der Waals surface area contributed by atoms with E-state index in [1.165, 1.54) is 0 Å². The molecule has 0 N–H and O–H groups in total. The average molecular weight is 389 g/mol. The molecule has 1 spiro atoms. The number of methoxy groups -OCH3 is 1. The van der Waals surface area contributed by atoms with Gasteiger partial charge in [0.05, 0.1) is 7.11 Å². The van der Waals surface area contributed by atoms with Gasteiger partial charge in [0.2, 0.25) is 5.91 Å². The molecule has 28 heavy (non-hydrogen) atoms.